The number of nitrogens with zero attached hydrogens (tertiary/aromatic N) is 4. The highest BCUT2D eigenvalue weighted by atomic mass is 32.2. The van der Waals surface area contributed by atoms with Crippen molar-refractivity contribution in [2.45, 2.75) is 25.4 Å². The first-order valence-corrected chi connectivity index (χ1v) is 13.3. The van der Waals surface area contributed by atoms with E-state index in [1.165, 1.54) is 6.26 Å². The van der Waals surface area contributed by atoms with Crippen molar-refractivity contribution >= 4 is 39.2 Å². The highest BCUT2D eigenvalue weighted by molar-refractivity contribution is 7.88. The maximum atomic E-state index is 12.4. The zero-order valence-corrected chi connectivity index (χ0v) is 21.6. The van der Waals surface area contributed by atoms with Crippen LogP contribution < -0.4 is 5.32 Å². The molecule has 0 aliphatic carbocycles. The summed E-state index contributed by atoms with van der Waals surface area (Å²) in [6, 6.07) is 7.53. The minimum Gasteiger partial charge on any atom is -0.480 e. The van der Waals surface area contributed by atoms with E-state index in [1.54, 1.807) is 6.92 Å². The minimum absolute atomic E-state index is 0.0686. The van der Waals surface area contributed by atoms with E-state index in [0.29, 0.717) is 0 Å². The summed E-state index contributed by atoms with van der Waals surface area (Å²) in [5.74, 6) is 3.61. The number of nitrogens with one attached hydrogen (secondary N) is 1. The highest BCUT2D eigenvalue weighted by Crippen LogP contribution is 2.37. The third-order valence-corrected chi connectivity index (χ3v) is 7.36. The average molecular weight is 556 g/mol. The van der Waals surface area contributed by atoms with Gasteiger partial charge in [0.1, 0.15) is 18.1 Å². The molecule has 4 aromatic rings. The zero-order valence-electron chi connectivity index (χ0n) is 20.8. The van der Waals surface area contributed by atoms with Crippen LogP contribution in [0.5, 0.6) is 0 Å². The molecule has 1 fully saturated rings. The van der Waals surface area contributed by atoms with E-state index in [9.17, 15) is 23.1 Å². The summed E-state index contributed by atoms with van der Waals surface area (Å²) < 4.78 is 45.6. The lowest BCUT2D eigenvalue weighted by atomic mass is 9.81. The van der Waals surface area contributed by atoms with Gasteiger partial charge in [-0.25, -0.2) is 13.2 Å². The predicted octanol–water partition coefficient (Wildman–Crippen LogP) is 2.42. The number of hydrogen-bond acceptors (Lipinski definition) is 11. The van der Waals surface area contributed by atoms with Crippen LogP contribution >= 0.6 is 0 Å². The number of hydrogen-bond donors (Lipinski definition) is 2. The number of aliphatic carboxylic acids is 1. The number of carboxylic acid groups (broad SMARTS) is 1. The second kappa shape index (κ2) is 9.57. The fraction of sp³-hybridized carbons (Fsp3) is 0.292. The zero-order chi connectivity index (χ0) is 27.9. The highest BCUT2D eigenvalue weighted by Gasteiger charge is 2.58. The fourth-order valence-electron chi connectivity index (χ4n) is 3.99. The second-order valence-corrected chi connectivity index (χ2v) is 10.9. The van der Waals surface area contributed by atoms with Gasteiger partial charge in [0.05, 0.1) is 6.26 Å². The van der Waals surface area contributed by atoms with Crippen molar-refractivity contribution in [1.82, 2.24) is 19.4 Å². The number of carboxylic acids is 1. The van der Waals surface area contributed by atoms with Gasteiger partial charge in [0.25, 0.3) is 17.3 Å². The van der Waals surface area contributed by atoms with Crippen molar-refractivity contribution < 1.29 is 41.2 Å². The van der Waals surface area contributed by atoms with E-state index < -0.39 is 33.6 Å². The van der Waals surface area contributed by atoms with Crippen molar-refractivity contribution in [2.24, 2.45) is 0 Å². The van der Waals surface area contributed by atoms with Gasteiger partial charge < -0.3 is 23.2 Å². The normalized spacial score (nSPS) is 15.7. The number of carbonyl (C=O) groups is 2. The van der Waals surface area contributed by atoms with E-state index in [-0.39, 0.29) is 47.7 Å². The average Bonchev–Trinajstić information content (AvgIpc) is 3.51. The molecule has 1 aliphatic heterocycles. The third-order valence-electron chi connectivity index (χ3n) is 6.16. The van der Waals surface area contributed by atoms with Gasteiger partial charge in [-0.05, 0) is 30.9 Å². The lowest BCUT2D eigenvalue weighted by Crippen LogP contribution is -2.64. The molecular weight excluding hydrogens is 534 g/mol. The lowest BCUT2D eigenvalue weighted by molar-refractivity contribution is -0.149. The first-order chi connectivity index (χ1) is 18.5. The molecule has 15 heteroatoms. The number of rotatable bonds is 6. The summed E-state index contributed by atoms with van der Waals surface area (Å²) in [5.41, 5.74) is 0.199. The Morgan fingerprint density at radius 2 is 1.90 bits per heavy atom. The molecule has 1 saturated heterocycles. The predicted molar refractivity (Wildman–Crippen MR) is 132 cm³/mol. The van der Waals surface area contributed by atoms with E-state index in [4.69, 9.17) is 18.1 Å². The summed E-state index contributed by atoms with van der Waals surface area (Å²) in [7, 11) is -3.57. The number of aromatic nitrogens is 3. The molecule has 0 spiro atoms. The van der Waals surface area contributed by atoms with E-state index in [1.807, 2.05) is 31.2 Å². The summed E-state index contributed by atoms with van der Waals surface area (Å²) in [5, 5.41) is 16.0. The number of benzene rings is 1. The molecule has 1 atom stereocenters. The molecule has 202 valence electrons. The Hall–Kier alpha value is -4.68. The Bertz CT molecular complexity index is 1720. The molecule has 0 saturated carbocycles. The van der Waals surface area contributed by atoms with Crippen LogP contribution in [0.15, 0.2) is 43.9 Å². The molecule has 14 nitrogen and oxygen atoms in total. The Labute approximate surface area is 221 Å². The van der Waals surface area contributed by atoms with Crippen molar-refractivity contribution in [3.8, 4) is 11.8 Å². The van der Waals surface area contributed by atoms with Crippen LogP contribution in [0.2, 0.25) is 0 Å². The summed E-state index contributed by atoms with van der Waals surface area (Å²) in [6.45, 7) is 3.01. The lowest BCUT2D eigenvalue weighted by Gasteiger charge is -2.42. The van der Waals surface area contributed by atoms with Gasteiger partial charge in [-0.1, -0.05) is 29.4 Å². The van der Waals surface area contributed by atoms with Crippen LogP contribution in [0, 0.1) is 18.8 Å². The van der Waals surface area contributed by atoms with Crippen LogP contribution in [-0.2, 0) is 25.0 Å². The minimum atomic E-state index is -3.57. The van der Waals surface area contributed by atoms with Crippen molar-refractivity contribution in [3.05, 3.63) is 59.1 Å². The molecule has 4 heterocycles. The molecule has 3 aromatic heterocycles. The molecule has 1 amide bonds. The van der Waals surface area contributed by atoms with E-state index in [2.05, 4.69) is 32.3 Å². The quantitative estimate of drug-likeness (QED) is 0.331. The maximum absolute atomic E-state index is 12.4. The van der Waals surface area contributed by atoms with Crippen LogP contribution in [0.4, 0.5) is 10.5 Å². The first-order valence-electron chi connectivity index (χ1n) is 11.4. The van der Waals surface area contributed by atoms with Crippen molar-refractivity contribution in [2.75, 3.05) is 24.7 Å². The first kappa shape index (κ1) is 25.9. The Morgan fingerprint density at radius 3 is 2.56 bits per heavy atom. The van der Waals surface area contributed by atoms with Crippen LogP contribution in [0.1, 0.15) is 41.6 Å². The molecule has 5 rings (SSSR count). The number of aryl methyl sites for hydroxylation is 1. The van der Waals surface area contributed by atoms with Crippen LogP contribution in [-0.4, -0.2) is 64.4 Å². The molecule has 0 radical (unpaired) electrons. The molecule has 1 aromatic carbocycles. The van der Waals surface area contributed by atoms with Crippen molar-refractivity contribution in [3.63, 3.8) is 0 Å². The maximum Gasteiger partial charge on any atom is 0.412 e. The molecule has 1 aliphatic rings. The Balaban J connectivity index is 1.28. The van der Waals surface area contributed by atoms with Crippen molar-refractivity contribution in [1.29, 1.82) is 0 Å². The Kier molecular flexibility index (Phi) is 6.36. The number of carbonyl (C=O) groups excluding carboxylic acids is 1. The Morgan fingerprint density at radius 1 is 1.18 bits per heavy atom. The number of sulfonamides is 1. The molecule has 2 N–H and O–H groups in total. The number of fused-ring (bicyclic) bond motifs is 1. The number of oxazole rings is 2. The summed E-state index contributed by atoms with van der Waals surface area (Å²) in [4.78, 5) is 32.4. The number of amides is 1. The molecular formula is C24H21N5O9S. The van der Waals surface area contributed by atoms with Gasteiger partial charge in [-0.3, -0.25) is 10.1 Å². The third kappa shape index (κ3) is 4.94. The topological polar surface area (TPSA) is 191 Å². The largest absolute Gasteiger partial charge is 0.480 e. The monoisotopic (exact) mass is 555 g/mol. The fourth-order valence-corrected chi connectivity index (χ4v) is 4.90. The number of anilines is 1. The summed E-state index contributed by atoms with van der Waals surface area (Å²) >= 11 is 0. The van der Waals surface area contributed by atoms with Gasteiger partial charge in [0, 0.05) is 19.0 Å². The SMILES string of the molecule is Cc1ccccc1C(C)OC(=O)Nc1conc1C#Cc1nc2oc(C3(C(=O)O)CN(S(C)(=O)=O)C3)nc2o1. The van der Waals surface area contributed by atoms with Crippen LogP contribution in [0.3, 0.4) is 0 Å². The van der Waals surface area contributed by atoms with E-state index >= 15 is 0 Å². The van der Waals surface area contributed by atoms with Gasteiger partial charge in [-0.15, -0.1) is 0 Å². The molecule has 0 bridgehead atoms. The van der Waals surface area contributed by atoms with Gasteiger partial charge in [0.15, 0.2) is 11.1 Å². The van der Waals surface area contributed by atoms with Gasteiger partial charge in [-0.2, -0.15) is 14.3 Å². The van der Waals surface area contributed by atoms with E-state index in [0.717, 1.165) is 21.7 Å². The standard InChI is InChI=1S/C24H21N5O9S/c1-13-6-4-5-7-15(13)14(2)36-23(32)25-17-10-35-28-16(17)8-9-18-26-19-20(37-18)27-21(38-19)24(22(30)31)11-29(12-24)39(3,33)34/h4-7,10,14H,11-12H2,1-3H3,(H,25,32)(H,30,31). The smallest absolute Gasteiger partial charge is 0.412 e. The van der Waals surface area contributed by atoms with Gasteiger partial charge >= 0.3 is 12.1 Å². The number of ether oxygens (including phenoxy) is 1. The molecule has 39 heavy (non-hydrogen) atoms. The summed E-state index contributed by atoms with van der Waals surface area (Å²) in [6.07, 6.45) is 0.927. The van der Waals surface area contributed by atoms with Crippen LogP contribution in [0.25, 0.3) is 11.4 Å². The second-order valence-electron chi connectivity index (χ2n) is 8.92. The molecule has 1 unspecified atom stereocenters. The van der Waals surface area contributed by atoms with Gasteiger partial charge in [0.2, 0.25) is 15.9 Å².